The van der Waals surface area contributed by atoms with Gasteiger partial charge in [0, 0.05) is 38.1 Å². The molecule has 6 heteroatoms. The Balaban J connectivity index is 1.67. The third-order valence-corrected chi connectivity index (χ3v) is 3.07. The van der Waals surface area contributed by atoms with Gasteiger partial charge in [-0.15, -0.1) is 5.10 Å². The molecule has 0 aliphatic carbocycles. The number of nitrogens with one attached hydrogen (secondary N) is 1. The molecule has 0 radical (unpaired) electrons. The Bertz CT molecular complexity index is 696. The maximum Gasteiger partial charge on any atom is 0.243 e. The van der Waals surface area contributed by atoms with E-state index in [1.807, 2.05) is 43.0 Å². The highest BCUT2D eigenvalue weighted by Crippen LogP contribution is 2.07. The summed E-state index contributed by atoms with van der Waals surface area (Å²) in [5.74, 6) is 0.660. The van der Waals surface area contributed by atoms with E-state index in [0.29, 0.717) is 5.95 Å². The Morgan fingerprint density at radius 2 is 2.16 bits per heavy atom. The van der Waals surface area contributed by atoms with Crippen LogP contribution in [0.3, 0.4) is 0 Å². The summed E-state index contributed by atoms with van der Waals surface area (Å²) in [6.45, 7) is 2.83. The zero-order valence-corrected chi connectivity index (χ0v) is 11.0. The lowest BCUT2D eigenvalue weighted by molar-refractivity contribution is 0.710. The summed E-state index contributed by atoms with van der Waals surface area (Å²) < 4.78 is 3.67. The van der Waals surface area contributed by atoms with Gasteiger partial charge < -0.3 is 5.32 Å². The molecule has 1 N–H and O–H groups in total. The SMILES string of the molecule is Cc1ccc2nc(NCCc3ccnn3C)nn2c1. The van der Waals surface area contributed by atoms with E-state index in [9.17, 15) is 0 Å². The molecule has 0 amide bonds. The topological polar surface area (TPSA) is 60.0 Å². The fourth-order valence-corrected chi connectivity index (χ4v) is 2.01. The number of rotatable bonds is 4. The van der Waals surface area contributed by atoms with E-state index in [1.54, 1.807) is 10.7 Å². The van der Waals surface area contributed by atoms with E-state index in [-0.39, 0.29) is 0 Å². The third kappa shape index (κ3) is 2.42. The van der Waals surface area contributed by atoms with E-state index in [1.165, 1.54) is 11.3 Å². The molecule has 3 rings (SSSR count). The highest BCUT2D eigenvalue weighted by Gasteiger charge is 2.03. The Hall–Kier alpha value is -2.37. The van der Waals surface area contributed by atoms with Gasteiger partial charge in [-0.05, 0) is 24.6 Å². The number of nitrogens with zero attached hydrogens (tertiary/aromatic N) is 5. The highest BCUT2D eigenvalue weighted by atomic mass is 15.3. The van der Waals surface area contributed by atoms with Gasteiger partial charge in [-0.3, -0.25) is 4.68 Å². The van der Waals surface area contributed by atoms with Crippen LogP contribution in [-0.4, -0.2) is 30.9 Å². The van der Waals surface area contributed by atoms with Crippen molar-refractivity contribution in [3.05, 3.63) is 41.9 Å². The molecule has 3 heterocycles. The minimum absolute atomic E-state index is 0.660. The van der Waals surface area contributed by atoms with E-state index >= 15 is 0 Å². The van der Waals surface area contributed by atoms with Crippen LogP contribution in [0.5, 0.6) is 0 Å². The molecule has 0 aliphatic rings. The lowest BCUT2D eigenvalue weighted by Gasteiger charge is -2.02. The van der Waals surface area contributed by atoms with Crippen LogP contribution in [0.15, 0.2) is 30.6 Å². The molecule has 3 aromatic heterocycles. The van der Waals surface area contributed by atoms with Gasteiger partial charge in [0.2, 0.25) is 5.95 Å². The lowest BCUT2D eigenvalue weighted by Crippen LogP contribution is -2.09. The summed E-state index contributed by atoms with van der Waals surface area (Å²) in [5, 5.41) is 11.8. The predicted molar refractivity (Wildman–Crippen MR) is 73.1 cm³/mol. The lowest BCUT2D eigenvalue weighted by atomic mass is 10.3. The molecular formula is C13H16N6. The minimum atomic E-state index is 0.660. The first-order valence-electron chi connectivity index (χ1n) is 6.26. The van der Waals surface area contributed by atoms with Crippen molar-refractivity contribution in [1.29, 1.82) is 0 Å². The highest BCUT2D eigenvalue weighted by molar-refractivity contribution is 5.44. The summed E-state index contributed by atoms with van der Waals surface area (Å²) in [5.41, 5.74) is 3.21. The van der Waals surface area contributed by atoms with Crippen LogP contribution in [0.2, 0.25) is 0 Å². The molecule has 6 nitrogen and oxygen atoms in total. The van der Waals surface area contributed by atoms with Crippen molar-refractivity contribution in [1.82, 2.24) is 24.4 Å². The molecule has 0 aliphatic heterocycles. The molecular weight excluding hydrogens is 240 g/mol. The van der Waals surface area contributed by atoms with E-state index in [0.717, 1.165) is 18.6 Å². The number of aromatic nitrogens is 5. The summed E-state index contributed by atoms with van der Waals surface area (Å²) in [4.78, 5) is 4.41. The Morgan fingerprint density at radius 1 is 1.26 bits per heavy atom. The largest absolute Gasteiger partial charge is 0.353 e. The Kier molecular flexibility index (Phi) is 2.91. The predicted octanol–water partition coefficient (Wildman–Crippen LogP) is 1.43. The van der Waals surface area contributed by atoms with E-state index in [4.69, 9.17) is 0 Å². The normalized spacial score (nSPS) is 11.1. The fourth-order valence-electron chi connectivity index (χ4n) is 2.01. The van der Waals surface area contributed by atoms with Crippen molar-refractivity contribution >= 4 is 11.6 Å². The van der Waals surface area contributed by atoms with Crippen LogP contribution in [0.25, 0.3) is 5.65 Å². The molecule has 0 spiro atoms. The molecule has 0 saturated carbocycles. The number of hydrogen-bond donors (Lipinski definition) is 1. The van der Waals surface area contributed by atoms with Crippen LogP contribution in [0, 0.1) is 6.92 Å². The summed E-state index contributed by atoms with van der Waals surface area (Å²) in [7, 11) is 1.95. The van der Waals surface area contributed by atoms with Crippen LogP contribution >= 0.6 is 0 Å². The first kappa shape index (κ1) is 11.7. The van der Waals surface area contributed by atoms with E-state index in [2.05, 4.69) is 20.5 Å². The average Bonchev–Trinajstić information content (AvgIpc) is 2.95. The maximum atomic E-state index is 4.41. The van der Waals surface area contributed by atoms with Crippen LogP contribution in [0.4, 0.5) is 5.95 Å². The number of aryl methyl sites for hydroxylation is 2. The number of hydrogen-bond acceptors (Lipinski definition) is 4. The van der Waals surface area contributed by atoms with Crippen molar-refractivity contribution in [2.24, 2.45) is 7.05 Å². The molecule has 0 atom stereocenters. The molecule has 0 aromatic carbocycles. The zero-order chi connectivity index (χ0) is 13.2. The van der Waals surface area contributed by atoms with Crippen molar-refractivity contribution < 1.29 is 0 Å². The van der Waals surface area contributed by atoms with Crippen molar-refractivity contribution in [3.63, 3.8) is 0 Å². The number of anilines is 1. The van der Waals surface area contributed by atoms with Gasteiger partial charge in [-0.25, -0.2) is 4.52 Å². The minimum Gasteiger partial charge on any atom is -0.353 e. The molecule has 98 valence electrons. The maximum absolute atomic E-state index is 4.41. The standard InChI is InChI=1S/C13H16N6/c1-10-3-4-12-16-13(17-19(12)9-10)14-7-5-11-6-8-15-18(11)2/h3-4,6,8-9H,5,7H2,1-2H3,(H,14,17). The first-order chi connectivity index (χ1) is 9.22. The van der Waals surface area contributed by atoms with Crippen molar-refractivity contribution in [3.8, 4) is 0 Å². The van der Waals surface area contributed by atoms with Gasteiger partial charge in [-0.1, -0.05) is 6.07 Å². The second-order valence-electron chi connectivity index (χ2n) is 4.57. The van der Waals surface area contributed by atoms with Crippen molar-refractivity contribution in [2.45, 2.75) is 13.3 Å². The number of pyridine rings is 1. The van der Waals surface area contributed by atoms with Crippen LogP contribution in [-0.2, 0) is 13.5 Å². The summed E-state index contributed by atoms with van der Waals surface area (Å²) >= 11 is 0. The van der Waals surface area contributed by atoms with Gasteiger partial charge in [0.05, 0.1) is 0 Å². The van der Waals surface area contributed by atoms with Gasteiger partial charge >= 0.3 is 0 Å². The monoisotopic (exact) mass is 256 g/mol. The molecule has 3 aromatic rings. The fraction of sp³-hybridized carbons (Fsp3) is 0.308. The van der Waals surface area contributed by atoms with Crippen molar-refractivity contribution in [2.75, 3.05) is 11.9 Å². The first-order valence-corrected chi connectivity index (χ1v) is 6.26. The summed E-state index contributed by atoms with van der Waals surface area (Å²) in [6.07, 6.45) is 4.67. The van der Waals surface area contributed by atoms with Gasteiger partial charge in [0.25, 0.3) is 0 Å². The van der Waals surface area contributed by atoms with Gasteiger partial charge in [-0.2, -0.15) is 10.1 Å². The second kappa shape index (κ2) is 4.72. The van der Waals surface area contributed by atoms with E-state index < -0.39 is 0 Å². The van der Waals surface area contributed by atoms with Gasteiger partial charge in [0.15, 0.2) is 5.65 Å². The Morgan fingerprint density at radius 3 is 2.95 bits per heavy atom. The Labute approximate surface area is 111 Å². The summed E-state index contributed by atoms with van der Waals surface area (Å²) in [6, 6.07) is 6.01. The smallest absolute Gasteiger partial charge is 0.243 e. The number of fused-ring (bicyclic) bond motifs is 1. The molecule has 0 bridgehead atoms. The van der Waals surface area contributed by atoms with Crippen LogP contribution in [0.1, 0.15) is 11.3 Å². The zero-order valence-electron chi connectivity index (χ0n) is 11.0. The molecule has 19 heavy (non-hydrogen) atoms. The molecule has 0 fully saturated rings. The quantitative estimate of drug-likeness (QED) is 0.767. The molecule has 0 saturated heterocycles. The average molecular weight is 256 g/mol. The van der Waals surface area contributed by atoms with Crippen LogP contribution < -0.4 is 5.32 Å². The second-order valence-corrected chi connectivity index (χ2v) is 4.57. The molecule has 0 unspecified atom stereocenters. The third-order valence-electron chi connectivity index (χ3n) is 3.07. The van der Waals surface area contributed by atoms with Gasteiger partial charge in [0.1, 0.15) is 0 Å².